The highest BCUT2D eigenvalue weighted by Crippen LogP contribution is 2.30. The minimum Gasteiger partial charge on any atom is -0.207 e. The van der Waals surface area contributed by atoms with Crippen molar-refractivity contribution in [3.63, 3.8) is 0 Å². The lowest BCUT2D eigenvalue weighted by Crippen LogP contribution is -1.86. The van der Waals surface area contributed by atoms with E-state index >= 15 is 0 Å². The molecule has 0 aliphatic carbocycles. The van der Waals surface area contributed by atoms with Crippen molar-refractivity contribution in [3.8, 4) is 0 Å². The average molecular weight is 281 g/mol. The Bertz CT molecular complexity index is 549. The zero-order valence-electron chi connectivity index (χ0n) is 10.3. The Morgan fingerprint density at radius 3 is 2.39 bits per heavy atom. The molecular weight excluding hydrogens is 267 g/mol. The fourth-order valence-electron chi connectivity index (χ4n) is 1.65. The van der Waals surface area contributed by atoms with Crippen molar-refractivity contribution in [2.45, 2.75) is 24.5 Å². The highest BCUT2D eigenvalue weighted by molar-refractivity contribution is 7.98. The van der Waals surface area contributed by atoms with Gasteiger partial charge in [0.1, 0.15) is 5.82 Å². The van der Waals surface area contributed by atoms with Gasteiger partial charge in [-0.25, -0.2) is 4.39 Å². The van der Waals surface area contributed by atoms with Gasteiger partial charge in [-0.2, -0.15) is 0 Å². The SMILES string of the molecule is Cc1cc(SCc2ccc(F)cc2)c(C)cc1Cl. The Morgan fingerprint density at radius 1 is 1.06 bits per heavy atom. The molecule has 2 aromatic rings. The largest absolute Gasteiger partial charge is 0.207 e. The monoisotopic (exact) mass is 280 g/mol. The molecule has 94 valence electrons. The van der Waals surface area contributed by atoms with Crippen LogP contribution in [0.4, 0.5) is 4.39 Å². The predicted molar refractivity (Wildman–Crippen MR) is 76.9 cm³/mol. The van der Waals surface area contributed by atoms with Gasteiger partial charge in [0.2, 0.25) is 0 Å². The molecule has 0 nitrogen and oxygen atoms in total. The number of aryl methyl sites for hydroxylation is 2. The first-order chi connectivity index (χ1) is 8.56. The van der Waals surface area contributed by atoms with Gasteiger partial charge >= 0.3 is 0 Å². The maximum atomic E-state index is 12.8. The summed E-state index contributed by atoms with van der Waals surface area (Å²) in [5.41, 5.74) is 3.38. The third-order valence-corrected chi connectivity index (χ3v) is 4.40. The fraction of sp³-hybridized carbons (Fsp3) is 0.200. The first-order valence-corrected chi connectivity index (χ1v) is 7.06. The predicted octanol–water partition coefficient (Wildman–Crippen LogP) is 5.39. The highest BCUT2D eigenvalue weighted by Gasteiger charge is 2.04. The minimum atomic E-state index is -0.192. The minimum absolute atomic E-state index is 0.192. The number of thioether (sulfide) groups is 1. The molecule has 0 N–H and O–H groups in total. The zero-order chi connectivity index (χ0) is 13.1. The Morgan fingerprint density at radius 2 is 1.72 bits per heavy atom. The van der Waals surface area contributed by atoms with Crippen molar-refractivity contribution >= 4 is 23.4 Å². The van der Waals surface area contributed by atoms with E-state index in [1.807, 2.05) is 25.1 Å². The van der Waals surface area contributed by atoms with E-state index in [1.165, 1.54) is 22.6 Å². The first kappa shape index (κ1) is 13.4. The average Bonchev–Trinajstić information content (AvgIpc) is 2.34. The molecule has 0 heterocycles. The van der Waals surface area contributed by atoms with Crippen LogP contribution in [0.25, 0.3) is 0 Å². The maximum Gasteiger partial charge on any atom is 0.123 e. The van der Waals surface area contributed by atoms with E-state index in [1.54, 1.807) is 11.8 Å². The van der Waals surface area contributed by atoms with E-state index in [0.717, 1.165) is 21.9 Å². The first-order valence-electron chi connectivity index (χ1n) is 5.70. The smallest absolute Gasteiger partial charge is 0.123 e. The zero-order valence-corrected chi connectivity index (χ0v) is 11.9. The Hall–Kier alpha value is -0.990. The number of hydrogen-bond donors (Lipinski definition) is 0. The topological polar surface area (TPSA) is 0 Å². The molecule has 0 aliphatic heterocycles. The standard InChI is InChI=1S/C15H14ClFS/c1-10-8-15(11(2)7-14(10)16)18-9-12-3-5-13(17)6-4-12/h3-8H,9H2,1-2H3. The van der Waals surface area contributed by atoms with Crippen LogP contribution in [-0.4, -0.2) is 0 Å². The van der Waals surface area contributed by atoms with Gasteiger partial charge in [0.05, 0.1) is 0 Å². The molecule has 0 amide bonds. The number of hydrogen-bond acceptors (Lipinski definition) is 1. The maximum absolute atomic E-state index is 12.8. The third kappa shape index (κ3) is 3.27. The van der Waals surface area contributed by atoms with Crippen LogP contribution in [0.1, 0.15) is 16.7 Å². The molecule has 0 atom stereocenters. The summed E-state index contributed by atoms with van der Waals surface area (Å²) in [5.74, 6) is 0.643. The molecule has 0 spiro atoms. The molecule has 18 heavy (non-hydrogen) atoms. The van der Waals surface area contributed by atoms with Crippen molar-refractivity contribution in [2.24, 2.45) is 0 Å². The number of rotatable bonds is 3. The summed E-state index contributed by atoms with van der Waals surface area (Å²) in [6, 6.07) is 10.7. The molecule has 3 heteroatoms. The van der Waals surface area contributed by atoms with E-state index in [0.29, 0.717) is 0 Å². The van der Waals surface area contributed by atoms with Crippen LogP contribution < -0.4 is 0 Å². The second kappa shape index (κ2) is 5.77. The van der Waals surface area contributed by atoms with Crippen LogP contribution in [0.2, 0.25) is 5.02 Å². The lowest BCUT2D eigenvalue weighted by atomic mass is 10.2. The lowest BCUT2D eigenvalue weighted by molar-refractivity contribution is 0.627. The van der Waals surface area contributed by atoms with Gasteiger partial charge in [0.15, 0.2) is 0 Å². The van der Waals surface area contributed by atoms with Crippen molar-refractivity contribution in [1.29, 1.82) is 0 Å². The summed E-state index contributed by atoms with van der Waals surface area (Å²) in [6.07, 6.45) is 0. The van der Waals surface area contributed by atoms with Crippen molar-refractivity contribution < 1.29 is 4.39 Å². The Balaban J connectivity index is 2.10. The Labute approximate surface area is 116 Å². The van der Waals surface area contributed by atoms with Crippen molar-refractivity contribution in [3.05, 3.63) is 63.9 Å². The second-order valence-corrected chi connectivity index (χ2v) is 5.71. The molecule has 0 aromatic heterocycles. The third-order valence-electron chi connectivity index (χ3n) is 2.76. The molecule has 0 fully saturated rings. The molecule has 0 aliphatic rings. The van der Waals surface area contributed by atoms with Crippen LogP contribution in [0.15, 0.2) is 41.3 Å². The molecule has 0 saturated heterocycles. The van der Waals surface area contributed by atoms with E-state index < -0.39 is 0 Å². The summed E-state index contributed by atoms with van der Waals surface area (Å²) >= 11 is 7.82. The quantitative estimate of drug-likeness (QED) is 0.680. The van der Waals surface area contributed by atoms with E-state index in [-0.39, 0.29) is 5.82 Å². The van der Waals surface area contributed by atoms with Crippen LogP contribution >= 0.6 is 23.4 Å². The van der Waals surface area contributed by atoms with Gasteiger partial charge in [-0.1, -0.05) is 23.7 Å². The van der Waals surface area contributed by atoms with Crippen molar-refractivity contribution in [2.75, 3.05) is 0 Å². The van der Waals surface area contributed by atoms with Gasteiger partial charge in [0, 0.05) is 15.7 Å². The summed E-state index contributed by atoms with van der Waals surface area (Å²) in [7, 11) is 0. The molecule has 0 bridgehead atoms. The summed E-state index contributed by atoms with van der Waals surface area (Å²) in [6.45, 7) is 4.06. The van der Waals surface area contributed by atoms with Gasteiger partial charge in [-0.15, -0.1) is 11.8 Å². The lowest BCUT2D eigenvalue weighted by Gasteiger charge is -2.08. The van der Waals surface area contributed by atoms with E-state index in [2.05, 4.69) is 13.0 Å². The molecule has 0 radical (unpaired) electrons. The second-order valence-electron chi connectivity index (χ2n) is 4.28. The van der Waals surface area contributed by atoms with E-state index in [4.69, 9.17) is 11.6 Å². The molecule has 0 unspecified atom stereocenters. The number of halogens is 2. The summed E-state index contributed by atoms with van der Waals surface area (Å²) < 4.78 is 12.8. The molecule has 2 aromatic carbocycles. The fourth-order valence-corrected chi connectivity index (χ4v) is 2.93. The number of benzene rings is 2. The van der Waals surface area contributed by atoms with Gasteiger partial charge < -0.3 is 0 Å². The summed E-state index contributed by atoms with van der Waals surface area (Å²) in [4.78, 5) is 1.22. The Kier molecular flexibility index (Phi) is 4.31. The van der Waals surface area contributed by atoms with Crippen LogP contribution in [0.5, 0.6) is 0 Å². The van der Waals surface area contributed by atoms with Crippen LogP contribution in [0, 0.1) is 19.7 Å². The van der Waals surface area contributed by atoms with Gasteiger partial charge in [0.25, 0.3) is 0 Å². The molecule has 2 rings (SSSR count). The van der Waals surface area contributed by atoms with E-state index in [9.17, 15) is 4.39 Å². The van der Waals surface area contributed by atoms with Crippen LogP contribution in [-0.2, 0) is 5.75 Å². The highest BCUT2D eigenvalue weighted by atomic mass is 35.5. The van der Waals surface area contributed by atoms with Crippen LogP contribution in [0.3, 0.4) is 0 Å². The van der Waals surface area contributed by atoms with Gasteiger partial charge in [-0.05, 0) is 54.8 Å². The molecular formula is C15H14ClFS. The van der Waals surface area contributed by atoms with Gasteiger partial charge in [-0.3, -0.25) is 0 Å². The molecule has 0 saturated carbocycles. The van der Waals surface area contributed by atoms with Crippen molar-refractivity contribution in [1.82, 2.24) is 0 Å². The normalized spacial score (nSPS) is 10.7. The summed E-state index contributed by atoms with van der Waals surface area (Å²) in [5, 5.41) is 0.804.